The standard InChI is InChI=1S/C13H17IN4O4/c1-13(21)8(22-7(4-19)10(13)20)3-18-2-6(14)9-11(15)16-5-17-12(9)18/h2,5,7-8,10,19-21H,3-4H2,1H3,(H2,15,16,17)/t7-,8+,10?,13+/m1/s1. The number of ether oxygens (including phenoxy) is 1. The summed E-state index contributed by atoms with van der Waals surface area (Å²) in [5, 5.41) is 30.5. The minimum atomic E-state index is -1.46. The van der Waals surface area contributed by atoms with Gasteiger partial charge in [0.15, 0.2) is 0 Å². The molecule has 1 aliphatic heterocycles. The Bertz CT molecular complexity index is 705. The molecule has 8 nitrogen and oxygen atoms in total. The molecule has 0 aliphatic carbocycles. The van der Waals surface area contributed by atoms with Crippen LogP contribution in [0.1, 0.15) is 6.92 Å². The maximum absolute atomic E-state index is 10.5. The maximum Gasteiger partial charge on any atom is 0.146 e. The van der Waals surface area contributed by atoms with Gasteiger partial charge in [-0.1, -0.05) is 0 Å². The molecule has 4 atom stereocenters. The molecule has 22 heavy (non-hydrogen) atoms. The first-order valence-electron chi connectivity index (χ1n) is 6.77. The number of nitrogen functional groups attached to an aromatic ring is 1. The number of hydrogen-bond donors (Lipinski definition) is 4. The Balaban J connectivity index is 1.96. The van der Waals surface area contributed by atoms with Gasteiger partial charge in [-0.05, 0) is 29.5 Å². The van der Waals surface area contributed by atoms with Gasteiger partial charge in [0.1, 0.15) is 41.7 Å². The first-order valence-corrected chi connectivity index (χ1v) is 7.85. The molecule has 0 radical (unpaired) electrons. The molecule has 0 spiro atoms. The van der Waals surface area contributed by atoms with Crippen molar-refractivity contribution in [1.82, 2.24) is 14.5 Å². The van der Waals surface area contributed by atoms with Crippen molar-refractivity contribution in [2.24, 2.45) is 0 Å². The molecule has 3 rings (SSSR count). The average molecular weight is 420 g/mol. The molecule has 1 fully saturated rings. The van der Waals surface area contributed by atoms with Crippen LogP contribution in [0.4, 0.5) is 5.82 Å². The average Bonchev–Trinajstić information content (AvgIpc) is 2.90. The Morgan fingerprint density at radius 3 is 2.86 bits per heavy atom. The Morgan fingerprint density at radius 1 is 1.50 bits per heavy atom. The summed E-state index contributed by atoms with van der Waals surface area (Å²) in [6, 6.07) is 0. The molecule has 1 aliphatic rings. The highest BCUT2D eigenvalue weighted by Crippen LogP contribution is 2.33. The van der Waals surface area contributed by atoms with E-state index in [0.29, 0.717) is 11.5 Å². The van der Waals surface area contributed by atoms with E-state index in [-0.39, 0.29) is 13.2 Å². The molecule has 0 bridgehead atoms. The van der Waals surface area contributed by atoms with Crippen LogP contribution in [0.3, 0.4) is 0 Å². The van der Waals surface area contributed by atoms with Gasteiger partial charge in [0.2, 0.25) is 0 Å². The molecule has 0 saturated carbocycles. The fourth-order valence-corrected chi connectivity index (χ4v) is 3.63. The van der Waals surface area contributed by atoms with Crippen LogP contribution >= 0.6 is 22.6 Å². The lowest BCUT2D eigenvalue weighted by Crippen LogP contribution is -2.47. The Labute approximate surface area is 140 Å². The van der Waals surface area contributed by atoms with E-state index in [1.54, 1.807) is 4.57 Å². The smallest absolute Gasteiger partial charge is 0.146 e. The number of nitrogens with zero attached hydrogens (tertiary/aromatic N) is 3. The van der Waals surface area contributed by atoms with Crippen LogP contribution in [0.15, 0.2) is 12.5 Å². The third-order valence-corrected chi connectivity index (χ3v) is 4.94. The molecule has 1 saturated heterocycles. The van der Waals surface area contributed by atoms with Crippen molar-refractivity contribution in [3.63, 3.8) is 0 Å². The highest BCUT2D eigenvalue weighted by Gasteiger charge is 2.51. The second kappa shape index (κ2) is 5.57. The van der Waals surface area contributed by atoms with Gasteiger partial charge < -0.3 is 30.4 Å². The number of hydrogen-bond acceptors (Lipinski definition) is 7. The third-order valence-electron chi connectivity index (χ3n) is 4.12. The SMILES string of the molecule is C[C@@]1(O)C(O)[C@@H](CO)O[C@H]1Cn1cc(I)c2c(N)ncnc21. The Morgan fingerprint density at radius 2 is 2.23 bits per heavy atom. The van der Waals surface area contributed by atoms with Gasteiger partial charge in [-0.2, -0.15) is 0 Å². The number of aliphatic hydroxyl groups excluding tert-OH is 2. The quantitative estimate of drug-likeness (QED) is 0.493. The molecule has 0 aromatic carbocycles. The molecule has 5 N–H and O–H groups in total. The second-order valence-corrected chi connectivity index (χ2v) is 6.77. The minimum absolute atomic E-state index is 0.274. The first kappa shape index (κ1) is 15.9. The van der Waals surface area contributed by atoms with Crippen molar-refractivity contribution in [3.05, 3.63) is 16.1 Å². The number of fused-ring (bicyclic) bond motifs is 1. The molecular formula is C13H17IN4O4. The monoisotopic (exact) mass is 420 g/mol. The summed E-state index contributed by atoms with van der Waals surface area (Å²) in [5.41, 5.74) is 5.05. The van der Waals surface area contributed by atoms with Crippen LogP contribution < -0.4 is 5.73 Å². The van der Waals surface area contributed by atoms with Gasteiger partial charge in [0.25, 0.3) is 0 Å². The molecule has 2 aromatic heterocycles. The van der Waals surface area contributed by atoms with Crippen molar-refractivity contribution >= 4 is 39.4 Å². The Kier molecular flexibility index (Phi) is 4.01. The minimum Gasteiger partial charge on any atom is -0.394 e. The van der Waals surface area contributed by atoms with Gasteiger partial charge in [-0.3, -0.25) is 0 Å². The molecule has 0 amide bonds. The number of aliphatic hydroxyl groups is 3. The summed E-state index contributed by atoms with van der Waals surface area (Å²) in [7, 11) is 0. The molecule has 2 aromatic rings. The number of halogens is 1. The highest BCUT2D eigenvalue weighted by atomic mass is 127. The number of nitrogens with two attached hydrogens (primary N) is 1. The third kappa shape index (κ3) is 2.36. The fraction of sp³-hybridized carbons (Fsp3) is 0.538. The van der Waals surface area contributed by atoms with Crippen molar-refractivity contribution in [2.75, 3.05) is 12.3 Å². The topological polar surface area (TPSA) is 127 Å². The predicted molar refractivity (Wildman–Crippen MR) is 87.0 cm³/mol. The van der Waals surface area contributed by atoms with Gasteiger partial charge in [0.05, 0.1) is 18.5 Å². The van der Waals surface area contributed by atoms with Crippen LogP contribution in [0.5, 0.6) is 0 Å². The summed E-state index contributed by atoms with van der Waals surface area (Å²) in [6.07, 6.45) is 0.586. The van der Waals surface area contributed by atoms with Gasteiger partial charge in [-0.25, -0.2) is 9.97 Å². The number of anilines is 1. The van der Waals surface area contributed by atoms with Crippen molar-refractivity contribution in [3.8, 4) is 0 Å². The van der Waals surface area contributed by atoms with Gasteiger partial charge >= 0.3 is 0 Å². The largest absolute Gasteiger partial charge is 0.394 e. The summed E-state index contributed by atoms with van der Waals surface area (Å²) in [4.78, 5) is 8.20. The maximum atomic E-state index is 10.5. The molecule has 120 valence electrons. The normalized spacial score (nSPS) is 32.0. The van der Waals surface area contributed by atoms with E-state index in [4.69, 9.17) is 10.5 Å². The summed E-state index contributed by atoms with van der Waals surface area (Å²) in [6.45, 7) is 1.42. The van der Waals surface area contributed by atoms with E-state index >= 15 is 0 Å². The zero-order valence-electron chi connectivity index (χ0n) is 11.8. The Hall–Kier alpha value is -1.01. The van der Waals surface area contributed by atoms with Crippen molar-refractivity contribution in [2.45, 2.75) is 37.4 Å². The van der Waals surface area contributed by atoms with E-state index < -0.39 is 23.9 Å². The van der Waals surface area contributed by atoms with Crippen LogP contribution in [-0.4, -0.2) is 60.4 Å². The molecular weight excluding hydrogens is 403 g/mol. The van der Waals surface area contributed by atoms with E-state index in [1.165, 1.54) is 13.3 Å². The summed E-state index contributed by atoms with van der Waals surface area (Å²) < 4.78 is 8.28. The summed E-state index contributed by atoms with van der Waals surface area (Å²) >= 11 is 2.14. The molecule has 1 unspecified atom stereocenters. The van der Waals surface area contributed by atoms with E-state index in [1.807, 2.05) is 6.20 Å². The zero-order chi connectivity index (χ0) is 16.1. The van der Waals surface area contributed by atoms with Crippen LogP contribution in [0.2, 0.25) is 0 Å². The zero-order valence-corrected chi connectivity index (χ0v) is 14.0. The molecule has 9 heteroatoms. The first-order chi connectivity index (χ1) is 10.4. The molecule has 3 heterocycles. The number of rotatable bonds is 3. The van der Waals surface area contributed by atoms with Gasteiger partial charge in [0, 0.05) is 9.77 Å². The lowest BCUT2D eigenvalue weighted by molar-refractivity contribution is -0.0677. The fourth-order valence-electron chi connectivity index (χ4n) is 2.78. The van der Waals surface area contributed by atoms with E-state index in [9.17, 15) is 15.3 Å². The predicted octanol–water partition coefficient (Wildman–Crippen LogP) is -0.510. The van der Waals surface area contributed by atoms with E-state index in [0.717, 1.165) is 8.96 Å². The lowest BCUT2D eigenvalue weighted by atomic mass is 9.93. The van der Waals surface area contributed by atoms with Crippen LogP contribution in [-0.2, 0) is 11.3 Å². The highest BCUT2D eigenvalue weighted by molar-refractivity contribution is 14.1. The summed E-state index contributed by atoms with van der Waals surface area (Å²) in [5.74, 6) is 0.389. The van der Waals surface area contributed by atoms with Crippen molar-refractivity contribution in [1.29, 1.82) is 0 Å². The van der Waals surface area contributed by atoms with Gasteiger partial charge in [-0.15, -0.1) is 0 Å². The number of aromatic nitrogens is 3. The second-order valence-electron chi connectivity index (χ2n) is 5.60. The van der Waals surface area contributed by atoms with Crippen LogP contribution in [0.25, 0.3) is 11.0 Å². The van der Waals surface area contributed by atoms with Crippen molar-refractivity contribution < 1.29 is 20.1 Å². The van der Waals surface area contributed by atoms with E-state index in [2.05, 4.69) is 32.6 Å². The van der Waals surface area contributed by atoms with Crippen LogP contribution in [0, 0.1) is 3.57 Å². The lowest BCUT2D eigenvalue weighted by Gasteiger charge is -2.26.